The molecule has 48 heavy (non-hydrogen) atoms. The average Bonchev–Trinajstić information content (AvgIpc) is 3.59. The summed E-state index contributed by atoms with van der Waals surface area (Å²) in [6, 6.07) is 11.6. The van der Waals surface area contributed by atoms with Crippen LogP contribution in [0.2, 0.25) is 15.1 Å². The van der Waals surface area contributed by atoms with Gasteiger partial charge < -0.3 is 4.90 Å². The molecule has 1 aliphatic rings. The lowest BCUT2D eigenvalue weighted by Crippen LogP contribution is -2.32. The summed E-state index contributed by atoms with van der Waals surface area (Å²) in [5.41, 5.74) is 0.839. The van der Waals surface area contributed by atoms with Gasteiger partial charge in [-0.3, -0.25) is 19.5 Å². The Hall–Kier alpha value is -2.71. The molecule has 2 amide bonds. The number of aromatic nitrogens is 2. The molecule has 1 atom stereocenters. The lowest BCUT2D eigenvalue weighted by atomic mass is 10.1. The summed E-state index contributed by atoms with van der Waals surface area (Å²) in [6.07, 6.45) is 20.5. The highest BCUT2D eigenvalue weighted by atomic mass is 35.5. The Balaban J connectivity index is 1.43. The first-order valence-corrected chi connectivity index (χ1v) is 18.8. The largest absolute Gasteiger partial charge is 0.323 e. The minimum atomic E-state index is -0.409. The summed E-state index contributed by atoms with van der Waals surface area (Å²) in [7, 11) is 0. The van der Waals surface area contributed by atoms with Gasteiger partial charge in [-0.2, -0.15) is 0 Å². The zero-order valence-corrected chi connectivity index (χ0v) is 30.7. The third-order valence-electron chi connectivity index (χ3n) is 8.59. The molecule has 260 valence electrons. The minimum absolute atomic E-state index is 0.150. The van der Waals surface area contributed by atoms with Crippen LogP contribution in [0.5, 0.6) is 0 Å². The highest BCUT2D eigenvalue weighted by Gasteiger charge is 2.33. The zero-order valence-electron chi connectivity index (χ0n) is 27.7. The molecule has 0 spiro atoms. The number of H-pyrrole nitrogens is 1. The second-order valence-electron chi connectivity index (χ2n) is 12.4. The number of benzene rings is 2. The maximum absolute atomic E-state index is 13.3. The number of hydrogen-bond donors (Lipinski definition) is 1. The Morgan fingerprint density at radius 1 is 0.812 bits per heavy atom. The van der Waals surface area contributed by atoms with E-state index in [-0.39, 0.29) is 45.8 Å². The van der Waals surface area contributed by atoms with Gasteiger partial charge in [0.2, 0.25) is 11.8 Å². The lowest BCUT2D eigenvalue weighted by Gasteiger charge is -2.29. The van der Waals surface area contributed by atoms with Gasteiger partial charge in [-0.25, -0.2) is 9.58 Å². The highest BCUT2D eigenvalue weighted by Crippen LogP contribution is 2.38. The topological polar surface area (TPSA) is 78.4 Å². The van der Waals surface area contributed by atoms with Crippen molar-refractivity contribution in [2.75, 3.05) is 16.3 Å². The van der Waals surface area contributed by atoms with E-state index in [1.807, 2.05) is 17.0 Å². The van der Waals surface area contributed by atoms with Crippen LogP contribution in [0.4, 0.5) is 17.2 Å². The van der Waals surface area contributed by atoms with Gasteiger partial charge in [-0.1, -0.05) is 124 Å². The second kappa shape index (κ2) is 19.5. The van der Waals surface area contributed by atoms with Gasteiger partial charge >= 0.3 is 0 Å². The van der Waals surface area contributed by atoms with Crippen LogP contribution in [0.3, 0.4) is 0 Å². The molecule has 1 aromatic heterocycles. The van der Waals surface area contributed by atoms with Crippen LogP contribution in [-0.4, -0.2) is 33.5 Å². The van der Waals surface area contributed by atoms with E-state index in [1.165, 1.54) is 92.0 Å². The van der Waals surface area contributed by atoms with Crippen molar-refractivity contribution in [1.82, 2.24) is 9.78 Å². The molecule has 0 bridgehead atoms. The number of aromatic amines is 1. The summed E-state index contributed by atoms with van der Waals surface area (Å²) < 4.78 is 1.25. The number of nitrogens with one attached hydrogen (secondary N) is 1. The van der Waals surface area contributed by atoms with Crippen molar-refractivity contribution < 1.29 is 9.59 Å². The number of anilines is 3. The van der Waals surface area contributed by atoms with Crippen LogP contribution >= 0.6 is 46.4 Å². The van der Waals surface area contributed by atoms with Crippen LogP contribution < -0.4 is 15.4 Å². The molecule has 0 aliphatic carbocycles. The lowest BCUT2D eigenvalue weighted by molar-refractivity contribution is -0.121. The van der Waals surface area contributed by atoms with Crippen molar-refractivity contribution in [3.8, 4) is 5.69 Å². The number of alkyl halides is 1. The van der Waals surface area contributed by atoms with Crippen molar-refractivity contribution in [3.63, 3.8) is 0 Å². The number of para-hydroxylation sites is 2. The predicted octanol–water partition coefficient (Wildman–Crippen LogP) is 11.2. The Labute approximate surface area is 304 Å². The van der Waals surface area contributed by atoms with Gasteiger partial charge in [0.25, 0.3) is 5.56 Å². The van der Waals surface area contributed by atoms with Gasteiger partial charge in [0.1, 0.15) is 11.5 Å². The number of unbranched alkanes of at least 4 members (excludes halogenated alkanes) is 10. The number of imide groups is 1. The first-order chi connectivity index (χ1) is 23.2. The van der Waals surface area contributed by atoms with E-state index < -0.39 is 5.56 Å². The smallest absolute Gasteiger partial charge is 0.273 e. The van der Waals surface area contributed by atoms with Gasteiger partial charge in [0.15, 0.2) is 0 Å². The normalized spacial score (nSPS) is 14.1. The van der Waals surface area contributed by atoms with Crippen LogP contribution in [0, 0.1) is 0 Å². The summed E-state index contributed by atoms with van der Waals surface area (Å²) >= 11 is 26.0. The van der Waals surface area contributed by atoms with Gasteiger partial charge in [0.05, 0.1) is 26.8 Å². The highest BCUT2D eigenvalue weighted by molar-refractivity contribution is 6.40. The van der Waals surface area contributed by atoms with E-state index in [0.717, 1.165) is 12.8 Å². The Morgan fingerprint density at radius 2 is 1.40 bits per heavy atom. The number of halogens is 4. The molecular formula is C37H46Cl4N4O3. The maximum atomic E-state index is 13.3. The Morgan fingerprint density at radius 3 is 2.04 bits per heavy atom. The van der Waals surface area contributed by atoms with Crippen molar-refractivity contribution in [1.29, 1.82) is 0 Å². The molecular weight excluding hydrogens is 690 g/mol. The first kappa shape index (κ1) is 38.1. The van der Waals surface area contributed by atoms with E-state index in [2.05, 4.69) is 24.2 Å². The summed E-state index contributed by atoms with van der Waals surface area (Å²) in [5.74, 6) is -0.142. The molecule has 1 fully saturated rings. The number of carbonyl (C=O) groups excluding carboxylic acids is 2. The molecule has 7 nitrogen and oxygen atoms in total. The molecule has 4 rings (SSSR count). The molecule has 0 saturated carbocycles. The minimum Gasteiger partial charge on any atom is -0.323 e. The van der Waals surface area contributed by atoms with E-state index in [4.69, 9.17) is 46.4 Å². The average molecular weight is 737 g/mol. The van der Waals surface area contributed by atoms with Crippen molar-refractivity contribution in [3.05, 3.63) is 80.0 Å². The fourth-order valence-electron chi connectivity index (χ4n) is 6.04. The molecule has 1 saturated heterocycles. The number of amides is 2. The second-order valence-corrected chi connectivity index (χ2v) is 14.2. The Kier molecular flexibility index (Phi) is 15.5. The molecule has 0 radical (unpaired) electrons. The first-order valence-electron chi connectivity index (χ1n) is 17.2. The molecule has 1 aliphatic heterocycles. The van der Waals surface area contributed by atoms with Crippen molar-refractivity contribution in [2.24, 2.45) is 0 Å². The quantitative estimate of drug-likeness (QED) is 0.0542. The number of allylic oxidation sites excluding steroid dienone is 2. The molecule has 2 aromatic carbocycles. The van der Waals surface area contributed by atoms with Crippen LogP contribution in [0.15, 0.2) is 59.4 Å². The SMILES string of the molecule is CCCCCCCCCCCC/C=C/CCC(Cl)CN(c1cc(=O)n(-c2c(Cl)cc(Cl)cc2Cl)[nH]1)c1ccccc1N1C(=O)CCC1=O. The van der Waals surface area contributed by atoms with E-state index in [1.54, 1.807) is 12.1 Å². The van der Waals surface area contributed by atoms with Crippen molar-refractivity contribution >= 4 is 75.4 Å². The summed E-state index contributed by atoms with van der Waals surface area (Å²) in [5, 5.41) is 3.53. The van der Waals surface area contributed by atoms with E-state index in [0.29, 0.717) is 35.2 Å². The fourth-order valence-corrected chi connectivity index (χ4v) is 7.29. The number of carbonyl (C=O) groups is 2. The van der Waals surface area contributed by atoms with Crippen LogP contribution in [-0.2, 0) is 9.59 Å². The zero-order chi connectivity index (χ0) is 34.5. The van der Waals surface area contributed by atoms with Crippen molar-refractivity contribution in [2.45, 2.75) is 109 Å². The molecule has 11 heteroatoms. The Bertz CT molecular complexity index is 1560. The van der Waals surface area contributed by atoms with Gasteiger partial charge in [-0.15, -0.1) is 11.6 Å². The summed E-state index contributed by atoms with van der Waals surface area (Å²) in [4.78, 5) is 41.9. The third-order valence-corrected chi connectivity index (χ3v) is 9.74. The molecule has 2 heterocycles. The number of nitrogens with zero attached hydrogens (tertiary/aromatic N) is 3. The predicted molar refractivity (Wildman–Crippen MR) is 201 cm³/mol. The van der Waals surface area contributed by atoms with E-state index in [9.17, 15) is 14.4 Å². The maximum Gasteiger partial charge on any atom is 0.273 e. The monoisotopic (exact) mass is 734 g/mol. The van der Waals surface area contributed by atoms with Crippen LogP contribution in [0.1, 0.15) is 103 Å². The molecule has 1 N–H and O–H groups in total. The van der Waals surface area contributed by atoms with Gasteiger partial charge in [0, 0.05) is 30.5 Å². The van der Waals surface area contributed by atoms with Crippen LogP contribution in [0.25, 0.3) is 5.69 Å². The summed E-state index contributed by atoms with van der Waals surface area (Å²) in [6.45, 7) is 2.55. The number of rotatable bonds is 20. The molecule has 1 unspecified atom stereocenters. The third kappa shape index (κ3) is 10.6. The molecule has 3 aromatic rings. The van der Waals surface area contributed by atoms with Gasteiger partial charge in [-0.05, 0) is 49.9 Å². The standard InChI is InChI=1S/C37H46Cl4N4O3/c1-2-3-4-5-6-7-8-9-10-11-12-13-14-15-18-27(38)26-43(31-19-16-17-20-32(31)44-34(46)21-22-35(44)47)33-25-36(48)45(42-33)37-29(40)23-28(39)24-30(37)41/h13-14,16-17,19-20,23-25,27,42H,2-12,15,18,21-22,26H2,1H3/b14-13+. The fraction of sp³-hybridized carbons (Fsp3) is 0.486. The number of hydrogen-bond acceptors (Lipinski definition) is 4. The van der Waals surface area contributed by atoms with E-state index >= 15 is 0 Å².